The van der Waals surface area contributed by atoms with Gasteiger partial charge < -0.3 is 19.1 Å². The van der Waals surface area contributed by atoms with Crippen LogP contribution in [0.2, 0.25) is 0 Å². The summed E-state index contributed by atoms with van der Waals surface area (Å²) in [6.07, 6.45) is 9.06. The first-order valence-corrected chi connectivity index (χ1v) is 11.3. The number of ether oxygens (including phenoxy) is 3. The average molecular weight is 384 g/mol. The molecule has 0 aromatic carbocycles. The third kappa shape index (κ3) is 8.39. The van der Waals surface area contributed by atoms with E-state index < -0.39 is 0 Å². The first-order valence-electron chi connectivity index (χ1n) is 11.3. The molecule has 4 nitrogen and oxygen atoms in total. The Bertz CT molecular complexity index is 414. The predicted molar refractivity (Wildman–Crippen MR) is 112 cm³/mol. The van der Waals surface area contributed by atoms with Gasteiger partial charge in [-0.05, 0) is 50.0 Å². The van der Waals surface area contributed by atoms with E-state index in [-0.39, 0.29) is 5.60 Å². The lowest BCUT2D eigenvalue weighted by Crippen LogP contribution is -2.47. The van der Waals surface area contributed by atoms with Crippen molar-refractivity contribution < 1.29 is 14.2 Å². The van der Waals surface area contributed by atoms with Crippen molar-refractivity contribution in [1.29, 1.82) is 0 Å². The lowest BCUT2D eigenvalue weighted by molar-refractivity contribution is -0.145. The molecule has 160 valence electrons. The minimum Gasteiger partial charge on any atom is -0.378 e. The van der Waals surface area contributed by atoms with Crippen LogP contribution in [-0.4, -0.2) is 63.7 Å². The third-order valence-corrected chi connectivity index (χ3v) is 6.49. The molecule has 2 saturated carbocycles. The molecule has 3 unspecified atom stereocenters. The smallest absolute Gasteiger partial charge is 0.0708 e. The van der Waals surface area contributed by atoms with Gasteiger partial charge in [0, 0.05) is 13.1 Å². The largest absolute Gasteiger partial charge is 0.378 e. The van der Waals surface area contributed by atoms with E-state index >= 15 is 0 Å². The molecule has 27 heavy (non-hydrogen) atoms. The molecule has 2 aliphatic carbocycles. The van der Waals surface area contributed by atoms with E-state index in [1.54, 1.807) is 0 Å². The fourth-order valence-electron chi connectivity index (χ4n) is 5.30. The molecule has 2 fully saturated rings. The van der Waals surface area contributed by atoms with Crippen molar-refractivity contribution in [3.63, 3.8) is 0 Å². The van der Waals surface area contributed by atoms with Crippen LogP contribution in [0.25, 0.3) is 0 Å². The van der Waals surface area contributed by atoms with Crippen LogP contribution in [0.4, 0.5) is 0 Å². The number of nitrogens with zero attached hydrogens (tertiary/aromatic N) is 1. The first kappa shape index (κ1) is 23.1. The SMILES string of the molecule is CCC(C)CN(C)CCOCCOCCOC12CCCC(CC(C)(C)C1)C2. The molecule has 2 bridgehead atoms. The summed E-state index contributed by atoms with van der Waals surface area (Å²) in [7, 11) is 2.17. The summed E-state index contributed by atoms with van der Waals surface area (Å²) in [5, 5.41) is 0. The number of hydrogen-bond acceptors (Lipinski definition) is 4. The second kappa shape index (κ2) is 11.1. The van der Waals surface area contributed by atoms with E-state index in [1.165, 1.54) is 44.9 Å². The van der Waals surface area contributed by atoms with Crippen LogP contribution in [0.5, 0.6) is 0 Å². The molecule has 4 heteroatoms. The van der Waals surface area contributed by atoms with Crippen LogP contribution in [0.15, 0.2) is 0 Å². The van der Waals surface area contributed by atoms with Gasteiger partial charge in [0.25, 0.3) is 0 Å². The van der Waals surface area contributed by atoms with E-state index in [0.717, 1.165) is 38.1 Å². The van der Waals surface area contributed by atoms with Crippen molar-refractivity contribution in [2.45, 2.75) is 78.2 Å². The van der Waals surface area contributed by atoms with Crippen molar-refractivity contribution in [1.82, 2.24) is 4.90 Å². The first-order chi connectivity index (χ1) is 12.8. The molecule has 0 aromatic heterocycles. The van der Waals surface area contributed by atoms with Gasteiger partial charge in [0.2, 0.25) is 0 Å². The van der Waals surface area contributed by atoms with E-state index in [0.29, 0.717) is 25.2 Å². The maximum atomic E-state index is 6.41. The van der Waals surface area contributed by atoms with E-state index in [9.17, 15) is 0 Å². The highest BCUT2D eigenvalue weighted by atomic mass is 16.5. The van der Waals surface area contributed by atoms with Gasteiger partial charge in [0.05, 0.1) is 38.6 Å². The molecule has 3 atom stereocenters. The van der Waals surface area contributed by atoms with Gasteiger partial charge in [-0.1, -0.05) is 47.0 Å². The molecule has 0 spiro atoms. The average Bonchev–Trinajstić information content (AvgIpc) is 2.58. The Morgan fingerprint density at radius 2 is 1.74 bits per heavy atom. The monoisotopic (exact) mass is 383 g/mol. The van der Waals surface area contributed by atoms with Gasteiger partial charge >= 0.3 is 0 Å². The molecular weight excluding hydrogens is 338 g/mol. The molecule has 0 heterocycles. The summed E-state index contributed by atoms with van der Waals surface area (Å²) in [6, 6.07) is 0. The summed E-state index contributed by atoms with van der Waals surface area (Å²) in [4.78, 5) is 2.35. The molecular formula is C23H45NO3. The second-order valence-electron chi connectivity index (χ2n) is 10.0. The minimum absolute atomic E-state index is 0.130. The molecule has 0 radical (unpaired) electrons. The zero-order chi connectivity index (χ0) is 19.8. The number of hydrogen-bond donors (Lipinski definition) is 0. The maximum absolute atomic E-state index is 6.41. The Morgan fingerprint density at radius 1 is 1.04 bits per heavy atom. The van der Waals surface area contributed by atoms with Gasteiger partial charge in [-0.2, -0.15) is 0 Å². The van der Waals surface area contributed by atoms with Crippen LogP contribution < -0.4 is 0 Å². The van der Waals surface area contributed by atoms with Gasteiger partial charge in [0.1, 0.15) is 0 Å². The highest BCUT2D eigenvalue weighted by Gasteiger charge is 2.46. The van der Waals surface area contributed by atoms with Crippen molar-refractivity contribution >= 4 is 0 Å². The predicted octanol–water partition coefficient (Wildman–Crippen LogP) is 4.76. The van der Waals surface area contributed by atoms with E-state index in [2.05, 4.69) is 39.6 Å². The van der Waals surface area contributed by atoms with Crippen LogP contribution in [0.1, 0.15) is 72.6 Å². The molecule has 0 amide bonds. The lowest BCUT2D eigenvalue weighted by Gasteiger charge is -2.51. The zero-order valence-corrected chi connectivity index (χ0v) is 18.7. The molecule has 0 aromatic rings. The summed E-state index contributed by atoms with van der Waals surface area (Å²) < 4.78 is 17.8. The highest BCUT2D eigenvalue weighted by Crippen LogP contribution is 2.52. The molecule has 2 rings (SSSR count). The zero-order valence-electron chi connectivity index (χ0n) is 18.7. The topological polar surface area (TPSA) is 30.9 Å². The van der Waals surface area contributed by atoms with Crippen LogP contribution in [0, 0.1) is 17.3 Å². The third-order valence-electron chi connectivity index (χ3n) is 6.49. The Kier molecular flexibility index (Phi) is 9.54. The van der Waals surface area contributed by atoms with Crippen molar-refractivity contribution in [3.8, 4) is 0 Å². The van der Waals surface area contributed by atoms with Crippen molar-refractivity contribution in [3.05, 3.63) is 0 Å². The normalized spacial score (nSPS) is 28.4. The van der Waals surface area contributed by atoms with Gasteiger partial charge in [-0.25, -0.2) is 0 Å². The highest BCUT2D eigenvalue weighted by molar-refractivity contribution is 4.98. The second-order valence-corrected chi connectivity index (χ2v) is 10.0. The number of likely N-dealkylation sites (N-methyl/N-ethyl adjacent to an activating group) is 1. The number of rotatable bonds is 13. The summed E-state index contributed by atoms with van der Waals surface area (Å²) in [5.74, 6) is 1.63. The van der Waals surface area contributed by atoms with Crippen molar-refractivity contribution in [2.24, 2.45) is 17.3 Å². The molecule has 2 aliphatic rings. The standard InChI is InChI=1S/C23H45NO3/c1-6-20(2)18-24(5)10-11-25-12-13-26-14-15-27-23-9-7-8-21(17-23)16-22(3,4)19-23/h20-21H,6-19H2,1-5H3. The van der Waals surface area contributed by atoms with E-state index in [1.807, 2.05) is 0 Å². The summed E-state index contributed by atoms with van der Waals surface area (Å²) in [5.41, 5.74) is 0.560. The number of fused-ring (bicyclic) bond motifs is 2. The molecule has 0 saturated heterocycles. The quantitative estimate of drug-likeness (QED) is 0.429. The van der Waals surface area contributed by atoms with E-state index in [4.69, 9.17) is 14.2 Å². The van der Waals surface area contributed by atoms with Crippen LogP contribution in [0.3, 0.4) is 0 Å². The summed E-state index contributed by atoms with van der Waals surface area (Å²) in [6.45, 7) is 15.0. The lowest BCUT2D eigenvalue weighted by atomic mass is 9.60. The van der Waals surface area contributed by atoms with Gasteiger partial charge in [-0.15, -0.1) is 0 Å². The Balaban J connectivity index is 1.49. The summed E-state index contributed by atoms with van der Waals surface area (Å²) >= 11 is 0. The minimum atomic E-state index is 0.130. The Labute approximate surface area is 168 Å². The molecule has 0 aliphatic heterocycles. The van der Waals surface area contributed by atoms with Crippen LogP contribution in [-0.2, 0) is 14.2 Å². The van der Waals surface area contributed by atoms with Gasteiger partial charge in [0.15, 0.2) is 0 Å². The van der Waals surface area contributed by atoms with Crippen molar-refractivity contribution in [2.75, 3.05) is 53.2 Å². The molecule has 0 N–H and O–H groups in total. The Morgan fingerprint density at radius 3 is 2.48 bits per heavy atom. The fraction of sp³-hybridized carbons (Fsp3) is 1.00. The van der Waals surface area contributed by atoms with Crippen LogP contribution >= 0.6 is 0 Å². The maximum Gasteiger partial charge on any atom is 0.0708 e. The fourth-order valence-corrected chi connectivity index (χ4v) is 5.30. The van der Waals surface area contributed by atoms with Gasteiger partial charge in [-0.3, -0.25) is 0 Å². The Hall–Kier alpha value is -0.160.